The van der Waals surface area contributed by atoms with Gasteiger partial charge in [0.25, 0.3) is 0 Å². The molecule has 0 aliphatic carbocycles. The molecule has 0 saturated carbocycles. The minimum Gasteiger partial charge on any atom is -0.325 e. The van der Waals surface area contributed by atoms with Crippen molar-refractivity contribution in [1.29, 1.82) is 0 Å². The highest BCUT2D eigenvalue weighted by Gasteiger charge is 2.33. The summed E-state index contributed by atoms with van der Waals surface area (Å²) in [5, 5.41) is 7.08. The monoisotopic (exact) mass is 359 g/mol. The fourth-order valence-electron chi connectivity index (χ4n) is 2.29. The number of carbonyl (C=O) groups excluding carboxylic acids is 1. The zero-order valence-corrected chi connectivity index (χ0v) is 14.2. The Hall–Kier alpha value is -2.02. The van der Waals surface area contributed by atoms with E-state index in [1.807, 2.05) is 0 Å². The molecule has 0 bridgehead atoms. The summed E-state index contributed by atoms with van der Waals surface area (Å²) in [5.74, 6) is -1.10. The first kappa shape index (κ1) is 18.3. The SMILES string of the molecule is Cc1nn(CC(C)C(=O)Nc2ccccc2C(F)(F)F)c(C)c1Cl. The fourth-order valence-corrected chi connectivity index (χ4v) is 2.43. The van der Waals surface area contributed by atoms with Crippen LogP contribution in [0.3, 0.4) is 0 Å². The third kappa shape index (κ3) is 3.90. The van der Waals surface area contributed by atoms with Gasteiger partial charge in [-0.1, -0.05) is 30.7 Å². The Morgan fingerprint density at radius 1 is 1.33 bits per heavy atom. The van der Waals surface area contributed by atoms with Gasteiger partial charge >= 0.3 is 6.18 Å². The molecule has 2 rings (SSSR count). The molecule has 8 heteroatoms. The predicted molar refractivity (Wildman–Crippen MR) is 85.9 cm³/mol. The second-order valence-corrected chi connectivity index (χ2v) is 5.98. The van der Waals surface area contributed by atoms with Crippen molar-refractivity contribution < 1.29 is 18.0 Å². The Morgan fingerprint density at radius 3 is 2.50 bits per heavy atom. The molecule has 0 aliphatic rings. The number of nitrogens with one attached hydrogen (secondary N) is 1. The summed E-state index contributed by atoms with van der Waals surface area (Å²) in [6.45, 7) is 5.36. The van der Waals surface area contributed by atoms with Crippen molar-refractivity contribution in [3.05, 3.63) is 46.2 Å². The Kier molecular flexibility index (Phi) is 5.22. The summed E-state index contributed by atoms with van der Waals surface area (Å²) in [6.07, 6.45) is -4.53. The largest absolute Gasteiger partial charge is 0.418 e. The van der Waals surface area contributed by atoms with E-state index >= 15 is 0 Å². The summed E-state index contributed by atoms with van der Waals surface area (Å²) in [6, 6.07) is 4.88. The first-order valence-corrected chi connectivity index (χ1v) is 7.65. The minimum atomic E-state index is -4.53. The van der Waals surface area contributed by atoms with Crippen molar-refractivity contribution >= 4 is 23.2 Å². The molecule has 0 fully saturated rings. The lowest BCUT2D eigenvalue weighted by Crippen LogP contribution is -2.26. The molecule has 1 unspecified atom stereocenters. The number of aromatic nitrogens is 2. The van der Waals surface area contributed by atoms with Gasteiger partial charge in [0.1, 0.15) is 0 Å². The molecule has 0 spiro atoms. The Balaban J connectivity index is 2.14. The zero-order chi connectivity index (χ0) is 18.1. The predicted octanol–water partition coefficient (Wildman–Crippen LogP) is 4.45. The first-order chi connectivity index (χ1) is 11.1. The van der Waals surface area contributed by atoms with E-state index in [2.05, 4.69) is 10.4 Å². The summed E-state index contributed by atoms with van der Waals surface area (Å²) in [7, 11) is 0. The fraction of sp³-hybridized carbons (Fsp3) is 0.375. The molecule has 0 aliphatic heterocycles. The maximum Gasteiger partial charge on any atom is 0.418 e. The number of hydrogen-bond donors (Lipinski definition) is 1. The summed E-state index contributed by atoms with van der Waals surface area (Å²) in [4.78, 5) is 12.2. The van der Waals surface area contributed by atoms with Gasteiger partial charge in [-0.3, -0.25) is 9.48 Å². The van der Waals surface area contributed by atoms with Crippen LogP contribution in [0.5, 0.6) is 0 Å². The van der Waals surface area contributed by atoms with Crippen molar-refractivity contribution in [3.8, 4) is 0 Å². The van der Waals surface area contributed by atoms with Gasteiger partial charge in [0.05, 0.1) is 40.1 Å². The van der Waals surface area contributed by atoms with Gasteiger partial charge in [0.15, 0.2) is 0 Å². The second kappa shape index (κ2) is 6.84. The highest BCUT2D eigenvalue weighted by Crippen LogP contribution is 2.34. The van der Waals surface area contributed by atoms with Crippen LogP contribution in [-0.2, 0) is 17.5 Å². The number of anilines is 1. The van der Waals surface area contributed by atoms with Gasteiger partial charge in [-0.15, -0.1) is 0 Å². The van der Waals surface area contributed by atoms with Gasteiger partial charge in [-0.2, -0.15) is 18.3 Å². The van der Waals surface area contributed by atoms with Gasteiger partial charge in [0, 0.05) is 0 Å². The highest BCUT2D eigenvalue weighted by atomic mass is 35.5. The third-order valence-electron chi connectivity index (χ3n) is 3.68. The van der Waals surface area contributed by atoms with Crippen LogP contribution in [0.1, 0.15) is 23.9 Å². The van der Waals surface area contributed by atoms with E-state index in [1.54, 1.807) is 25.5 Å². The lowest BCUT2D eigenvalue weighted by Gasteiger charge is -2.17. The molecule has 2 aromatic rings. The van der Waals surface area contributed by atoms with Crippen molar-refractivity contribution in [2.45, 2.75) is 33.5 Å². The smallest absolute Gasteiger partial charge is 0.325 e. The summed E-state index contributed by atoms with van der Waals surface area (Å²) in [5.41, 5.74) is 0.224. The molecule has 1 heterocycles. The molecular formula is C16H17ClF3N3O. The third-order valence-corrected chi connectivity index (χ3v) is 4.22. The molecule has 0 saturated heterocycles. The number of nitrogens with zero attached hydrogens (tertiary/aromatic N) is 2. The van der Waals surface area contributed by atoms with Crippen LogP contribution in [0, 0.1) is 19.8 Å². The molecule has 1 aromatic carbocycles. The number of rotatable bonds is 4. The van der Waals surface area contributed by atoms with E-state index in [9.17, 15) is 18.0 Å². The van der Waals surface area contributed by atoms with Gasteiger partial charge < -0.3 is 5.32 Å². The Bertz CT molecular complexity index is 756. The van der Waals surface area contributed by atoms with Gasteiger partial charge in [0.2, 0.25) is 5.91 Å². The molecular weight excluding hydrogens is 343 g/mol. The van der Waals surface area contributed by atoms with Crippen molar-refractivity contribution in [3.63, 3.8) is 0 Å². The highest BCUT2D eigenvalue weighted by molar-refractivity contribution is 6.31. The van der Waals surface area contributed by atoms with Crippen LogP contribution in [0.4, 0.5) is 18.9 Å². The number of amides is 1. The normalized spacial score (nSPS) is 13.0. The van der Waals surface area contributed by atoms with E-state index in [4.69, 9.17) is 11.6 Å². The molecule has 1 atom stereocenters. The molecule has 1 N–H and O–H groups in total. The number of benzene rings is 1. The maximum absolute atomic E-state index is 13.0. The summed E-state index contributed by atoms with van der Waals surface area (Å²) < 4.78 is 40.5. The van der Waals surface area contributed by atoms with Crippen LogP contribution in [-0.4, -0.2) is 15.7 Å². The second-order valence-electron chi connectivity index (χ2n) is 5.60. The van der Waals surface area contributed by atoms with Crippen molar-refractivity contribution in [1.82, 2.24) is 9.78 Å². The van der Waals surface area contributed by atoms with E-state index in [0.717, 1.165) is 6.07 Å². The van der Waals surface area contributed by atoms with E-state index in [-0.39, 0.29) is 12.2 Å². The average Bonchev–Trinajstić information content (AvgIpc) is 2.74. The van der Waals surface area contributed by atoms with Crippen molar-refractivity contribution in [2.75, 3.05) is 5.32 Å². The minimum absolute atomic E-state index is 0.222. The van der Waals surface area contributed by atoms with E-state index in [1.165, 1.54) is 18.2 Å². The molecule has 0 radical (unpaired) electrons. The topological polar surface area (TPSA) is 46.9 Å². The standard InChI is InChI=1S/C16H17ClF3N3O/c1-9(8-23-11(3)14(17)10(2)22-23)15(24)21-13-7-5-4-6-12(13)16(18,19)20/h4-7,9H,8H2,1-3H3,(H,21,24). The van der Waals surface area contributed by atoms with Crippen LogP contribution in [0.2, 0.25) is 5.02 Å². The molecule has 4 nitrogen and oxygen atoms in total. The summed E-state index contributed by atoms with van der Waals surface area (Å²) >= 11 is 6.05. The number of alkyl halides is 3. The maximum atomic E-state index is 13.0. The lowest BCUT2D eigenvalue weighted by atomic mass is 10.1. The quantitative estimate of drug-likeness (QED) is 0.876. The zero-order valence-electron chi connectivity index (χ0n) is 13.4. The molecule has 1 aromatic heterocycles. The number of para-hydroxylation sites is 1. The van der Waals surface area contributed by atoms with Crippen LogP contribution >= 0.6 is 11.6 Å². The first-order valence-electron chi connectivity index (χ1n) is 7.28. The van der Waals surface area contributed by atoms with Gasteiger partial charge in [-0.25, -0.2) is 0 Å². The van der Waals surface area contributed by atoms with Crippen LogP contribution in [0.15, 0.2) is 24.3 Å². The molecule has 130 valence electrons. The van der Waals surface area contributed by atoms with Crippen LogP contribution in [0.25, 0.3) is 0 Å². The van der Waals surface area contributed by atoms with Crippen LogP contribution < -0.4 is 5.32 Å². The number of hydrogen-bond acceptors (Lipinski definition) is 2. The van der Waals surface area contributed by atoms with E-state index in [0.29, 0.717) is 16.4 Å². The Labute approximate surface area is 142 Å². The van der Waals surface area contributed by atoms with Gasteiger partial charge in [-0.05, 0) is 26.0 Å². The Morgan fingerprint density at radius 2 is 1.96 bits per heavy atom. The lowest BCUT2D eigenvalue weighted by molar-refractivity contribution is -0.137. The number of aryl methyl sites for hydroxylation is 1. The molecule has 1 amide bonds. The van der Waals surface area contributed by atoms with Crippen molar-refractivity contribution in [2.24, 2.45) is 5.92 Å². The number of carbonyl (C=O) groups is 1. The average molecular weight is 360 g/mol. The molecule has 24 heavy (non-hydrogen) atoms. The van der Waals surface area contributed by atoms with E-state index < -0.39 is 23.6 Å². The number of halogens is 4.